The molecule has 9 nitrogen and oxygen atoms in total. The summed E-state index contributed by atoms with van der Waals surface area (Å²) in [6, 6.07) is 3.96. The maximum Gasteiger partial charge on any atom is 0.243 e. The molecule has 28 heavy (non-hydrogen) atoms. The Balaban J connectivity index is 1.86. The highest BCUT2D eigenvalue weighted by Gasteiger charge is 2.38. The van der Waals surface area contributed by atoms with E-state index in [9.17, 15) is 18.0 Å². The third kappa shape index (κ3) is 4.04. The predicted molar refractivity (Wildman–Crippen MR) is 102 cm³/mol. The van der Waals surface area contributed by atoms with Gasteiger partial charge in [0.25, 0.3) is 0 Å². The number of morpholine rings is 1. The summed E-state index contributed by atoms with van der Waals surface area (Å²) in [5.41, 5.74) is 1.23. The van der Waals surface area contributed by atoms with E-state index < -0.39 is 16.1 Å². The van der Waals surface area contributed by atoms with E-state index in [2.05, 4.69) is 5.32 Å². The summed E-state index contributed by atoms with van der Waals surface area (Å²) >= 11 is 0. The Morgan fingerprint density at radius 3 is 2.64 bits per heavy atom. The number of methoxy groups -OCH3 is 1. The van der Waals surface area contributed by atoms with Gasteiger partial charge in [0.05, 0.1) is 24.7 Å². The minimum absolute atomic E-state index is 0.164. The van der Waals surface area contributed by atoms with Crippen LogP contribution in [0, 0.1) is 0 Å². The van der Waals surface area contributed by atoms with E-state index in [0.29, 0.717) is 50.7 Å². The van der Waals surface area contributed by atoms with E-state index in [0.717, 1.165) is 0 Å². The van der Waals surface area contributed by atoms with Crippen molar-refractivity contribution in [2.24, 2.45) is 0 Å². The molecule has 0 spiro atoms. The maximum absolute atomic E-state index is 12.9. The molecule has 0 bridgehead atoms. The molecule has 1 atom stereocenters. The van der Waals surface area contributed by atoms with Crippen LogP contribution in [0.2, 0.25) is 0 Å². The van der Waals surface area contributed by atoms with Crippen LogP contribution in [0.15, 0.2) is 23.1 Å². The van der Waals surface area contributed by atoms with E-state index >= 15 is 0 Å². The van der Waals surface area contributed by atoms with E-state index in [1.165, 1.54) is 29.3 Å². The summed E-state index contributed by atoms with van der Waals surface area (Å²) < 4.78 is 37.3. The first kappa shape index (κ1) is 20.7. The number of anilines is 1. The van der Waals surface area contributed by atoms with Gasteiger partial charge in [-0.2, -0.15) is 4.31 Å². The Bertz CT molecular complexity index is 851. The van der Waals surface area contributed by atoms with Crippen molar-refractivity contribution in [3.63, 3.8) is 0 Å². The van der Waals surface area contributed by atoms with Crippen LogP contribution in [0.5, 0.6) is 0 Å². The zero-order valence-electron chi connectivity index (χ0n) is 16.0. The lowest BCUT2D eigenvalue weighted by atomic mass is 10.1. The van der Waals surface area contributed by atoms with E-state index in [1.807, 2.05) is 0 Å². The van der Waals surface area contributed by atoms with Crippen molar-refractivity contribution in [3.05, 3.63) is 23.8 Å². The Hall–Kier alpha value is -2.01. The molecule has 1 fully saturated rings. The van der Waals surface area contributed by atoms with Crippen LogP contribution in [0.1, 0.15) is 12.5 Å². The van der Waals surface area contributed by atoms with Crippen LogP contribution >= 0.6 is 0 Å². The first-order valence-corrected chi connectivity index (χ1v) is 10.6. The van der Waals surface area contributed by atoms with Crippen molar-refractivity contribution in [3.8, 4) is 0 Å². The maximum atomic E-state index is 12.9. The zero-order chi connectivity index (χ0) is 20.3. The van der Waals surface area contributed by atoms with Crippen LogP contribution < -0.4 is 10.2 Å². The molecule has 3 rings (SSSR count). The minimum atomic E-state index is -3.64. The predicted octanol–water partition coefficient (Wildman–Crippen LogP) is -0.252. The normalized spacial score (nSPS) is 20.1. The number of nitrogens with zero attached hydrogens (tertiary/aromatic N) is 2. The summed E-state index contributed by atoms with van der Waals surface area (Å²) in [6.07, 6.45) is 0.264. The molecule has 2 aliphatic rings. The van der Waals surface area contributed by atoms with Gasteiger partial charge in [-0.15, -0.1) is 0 Å². The fourth-order valence-electron chi connectivity index (χ4n) is 3.52. The van der Waals surface area contributed by atoms with Gasteiger partial charge >= 0.3 is 0 Å². The monoisotopic (exact) mass is 411 g/mol. The average molecular weight is 411 g/mol. The second kappa shape index (κ2) is 8.56. The molecular formula is C18H25N3O6S. The number of hydrogen-bond acceptors (Lipinski definition) is 6. The molecule has 0 radical (unpaired) electrons. The number of sulfonamides is 1. The lowest BCUT2D eigenvalue weighted by molar-refractivity contribution is -0.125. The second-order valence-electron chi connectivity index (χ2n) is 6.70. The number of hydrogen-bond donors (Lipinski definition) is 1. The highest BCUT2D eigenvalue weighted by Crippen LogP contribution is 2.35. The first-order valence-electron chi connectivity index (χ1n) is 9.13. The van der Waals surface area contributed by atoms with Gasteiger partial charge in [-0.05, 0) is 23.8 Å². The van der Waals surface area contributed by atoms with Crippen molar-refractivity contribution in [2.45, 2.75) is 24.3 Å². The minimum Gasteiger partial charge on any atom is -0.383 e. The van der Waals surface area contributed by atoms with Crippen LogP contribution in [0.3, 0.4) is 0 Å². The molecule has 0 aromatic heterocycles. The SMILES string of the molecule is COCCNC(=O)[C@H]1Cc2cc(S(=O)(=O)N3CCOCC3)ccc2N1C(C)=O. The fraction of sp³-hybridized carbons (Fsp3) is 0.556. The molecule has 0 unspecified atom stereocenters. The van der Waals surface area contributed by atoms with Crippen LogP contribution in [-0.2, 0) is 35.5 Å². The van der Waals surface area contributed by atoms with Crippen molar-refractivity contribution in [2.75, 3.05) is 51.5 Å². The van der Waals surface area contributed by atoms with Crippen LogP contribution in [0.25, 0.3) is 0 Å². The number of carbonyl (C=O) groups excluding carboxylic acids is 2. The van der Waals surface area contributed by atoms with Gasteiger partial charge in [-0.1, -0.05) is 0 Å². The largest absolute Gasteiger partial charge is 0.383 e. The van der Waals surface area contributed by atoms with Crippen LogP contribution in [0.4, 0.5) is 5.69 Å². The first-order chi connectivity index (χ1) is 13.4. The second-order valence-corrected chi connectivity index (χ2v) is 8.64. The molecule has 2 aliphatic heterocycles. The molecule has 10 heteroatoms. The van der Waals surface area contributed by atoms with E-state index in [4.69, 9.17) is 9.47 Å². The van der Waals surface area contributed by atoms with E-state index in [-0.39, 0.29) is 23.1 Å². The summed E-state index contributed by atoms with van der Waals surface area (Å²) in [5.74, 6) is -0.560. The number of ether oxygens (including phenoxy) is 2. The van der Waals surface area contributed by atoms with Crippen molar-refractivity contribution in [1.82, 2.24) is 9.62 Å². The van der Waals surface area contributed by atoms with Gasteiger partial charge in [0, 0.05) is 45.8 Å². The van der Waals surface area contributed by atoms with Crippen LogP contribution in [-0.4, -0.2) is 77.1 Å². The number of rotatable bonds is 6. The number of carbonyl (C=O) groups is 2. The molecule has 2 amide bonds. The molecular weight excluding hydrogens is 386 g/mol. The number of fused-ring (bicyclic) bond motifs is 1. The molecule has 1 saturated heterocycles. The van der Waals surface area contributed by atoms with Gasteiger partial charge in [0.15, 0.2) is 0 Å². The summed E-state index contributed by atoms with van der Waals surface area (Å²) in [7, 11) is -2.11. The van der Waals surface area contributed by atoms with Gasteiger partial charge in [0.2, 0.25) is 21.8 Å². The number of nitrogens with one attached hydrogen (secondary N) is 1. The molecule has 1 aromatic carbocycles. The topological polar surface area (TPSA) is 105 Å². The Kier molecular flexibility index (Phi) is 6.33. The number of benzene rings is 1. The average Bonchev–Trinajstić information content (AvgIpc) is 3.08. The highest BCUT2D eigenvalue weighted by molar-refractivity contribution is 7.89. The third-order valence-electron chi connectivity index (χ3n) is 4.89. The lowest BCUT2D eigenvalue weighted by Crippen LogP contribution is -2.48. The lowest BCUT2D eigenvalue weighted by Gasteiger charge is -2.26. The molecule has 0 aliphatic carbocycles. The summed E-state index contributed by atoms with van der Waals surface area (Å²) in [5, 5.41) is 2.74. The molecule has 0 saturated carbocycles. The Labute approximate surface area is 164 Å². The van der Waals surface area contributed by atoms with Gasteiger partial charge in [-0.25, -0.2) is 8.42 Å². The van der Waals surface area contributed by atoms with Gasteiger partial charge < -0.3 is 14.8 Å². The third-order valence-corrected chi connectivity index (χ3v) is 6.79. The molecule has 2 heterocycles. The zero-order valence-corrected chi connectivity index (χ0v) is 16.8. The highest BCUT2D eigenvalue weighted by atomic mass is 32.2. The quantitative estimate of drug-likeness (QED) is 0.647. The van der Waals surface area contributed by atoms with Crippen molar-refractivity contribution < 1.29 is 27.5 Å². The Morgan fingerprint density at radius 2 is 2.00 bits per heavy atom. The molecule has 1 aromatic rings. The van der Waals surface area contributed by atoms with Gasteiger partial charge in [0.1, 0.15) is 6.04 Å². The summed E-state index contributed by atoms with van der Waals surface area (Å²) in [4.78, 5) is 26.3. The van der Waals surface area contributed by atoms with Gasteiger partial charge in [-0.3, -0.25) is 14.5 Å². The van der Waals surface area contributed by atoms with Crippen molar-refractivity contribution >= 4 is 27.5 Å². The molecule has 154 valence electrons. The fourth-order valence-corrected chi connectivity index (χ4v) is 4.98. The summed E-state index contributed by atoms with van der Waals surface area (Å²) in [6.45, 7) is 3.45. The Morgan fingerprint density at radius 1 is 1.29 bits per heavy atom. The molecule has 1 N–H and O–H groups in total. The van der Waals surface area contributed by atoms with E-state index in [1.54, 1.807) is 12.1 Å². The smallest absolute Gasteiger partial charge is 0.243 e. The standard InChI is InChI=1S/C18H25N3O6S/c1-13(22)21-16-4-3-15(28(24,25)20-6-9-27-10-7-20)11-14(16)12-17(21)18(23)19-5-8-26-2/h3-4,11,17H,5-10,12H2,1-2H3,(H,19,23)/t17-/m1/s1. The van der Waals surface area contributed by atoms with Crippen molar-refractivity contribution in [1.29, 1.82) is 0 Å². The number of amides is 2.